The summed E-state index contributed by atoms with van der Waals surface area (Å²) in [5, 5.41) is 7.04. The summed E-state index contributed by atoms with van der Waals surface area (Å²) in [6, 6.07) is 9.70. The topological polar surface area (TPSA) is 64.4 Å². The molecule has 2 aromatic rings. The number of nitrogens with zero attached hydrogens (tertiary/aromatic N) is 1. The van der Waals surface area contributed by atoms with Crippen LogP contribution in [-0.2, 0) is 11.2 Å². The van der Waals surface area contributed by atoms with Crippen molar-refractivity contribution in [1.29, 1.82) is 0 Å². The minimum absolute atomic E-state index is 0.0115. The monoisotopic (exact) mass is 300 g/mol. The first-order valence-corrected chi connectivity index (χ1v) is 7.64. The molecule has 1 fully saturated rings. The van der Waals surface area contributed by atoms with Crippen LogP contribution in [0.2, 0.25) is 0 Å². The molecule has 1 saturated carbocycles. The van der Waals surface area contributed by atoms with Crippen molar-refractivity contribution in [3.05, 3.63) is 36.0 Å². The normalized spacial score (nSPS) is 15.0. The van der Waals surface area contributed by atoms with Gasteiger partial charge in [-0.1, -0.05) is 30.1 Å². The number of hydrogen-bond donors (Lipinski definition) is 1. The molecule has 0 atom stereocenters. The lowest BCUT2D eigenvalue weighted by Gasteiger charge is -2.10. The third-order valence-corrected chi connectivity index (χ3v) is 3.98. The zero-order valence-electron chi connectivity index (χ0n) is 12.7. The Balaban J connectivity index is 1.64. The van der Waals surface area contributed by atoms with Gasteiger partial charge in [0.2, 0.25) is 5.91 Å². The number of carbonyl (C=O) groups is 1. The highest BCUT2D eigenvalue weighted by molar-refractivity contribution is 5.78. The van der Waals surface area contributed by atoms with Crippen LogP contribution in [-0.4, -0.2) is 24.2 Å². The zero-order valence-corrected chi connectivity index (χ0v) is 12.7. The first-order valence-electron chi connectivity index (χ1n) is 7.64. The maximum Gasteiger partial charge on any atom is 0.226 e. The van der Waals surface area contributed by atoms with Crippen molar-refractivity contribution in [2.24, 2.45) is 0 Å². The maximum atomic E-state index is 12.0. The van der Waals surface area contributed by atoms with Gasteiger partial charge in [0.05, 0.1) is 19.2 Å². The highest BCUT2D eigenvalue weighted by atomic mass is 16.5. The predicted molar refractivity (Wildman–Crippen MR) is 82.6 cm³/mol. The van der Waals surface area contributed by atoms with Crippen LogP contribution < -0.4 is 10.1 Å². The highest BCUT2D eigenvalue weighted by Gasteiger charge is 2.18. The van der Waals surface area contributed by atoms with Crippen molar-refractivity contribution >= 4 is 5.91 Å². The van der Waals surface area contributed by atoms with Crippen molar-refractivity contribution in [2.45, 2.75) is 38.1 Å². The molecule has 5 heteroatoms. The quantitative estimate of drug-likeness (QED) is 0.922. The average Bonchev–Trinajstić information content (AvgIpc) is 3.19. The summed E-state index contributed by atoms with van der Waals surface area (Å²) in [4.78, 5) is 12.0. The molecule has 0 radical (unpaired) electrons. The average molecular weight is 300 g/mol. The van der Waals surface area contributed by atoms with Crippen LogP contribution in [0.15, 0.2) is 34.9 Å². The van der Waals surface area contributed by atoms with E-state index in [0.29, 0.717) is 17.5 Å². The maximum absolute atomic E-state index is 12.0. The van der Waals surface area contributed by atoms with Crippen LogP contribution in [0, 0.1) is 0 Å². The van der Waals surface area contributed by atoms with Gasteiger partial charge in [0.15, 0.2) is 5.76 Å². The summed E-state index contributed by atoms with van der Waals surface area (Å²) >= 11 is 0. The molecule has 3 rings (SSSR count). The SMILES string of the molecule is COc1cccc(-c2cc(CC(=O)NC3CCCC3)no2)c1. The van der Waals surface area contributed by atoms with E-state index in [-0.39, 0.29) is 12.3 Å². The Morgan fingerprint density at radius 2 is 2.18 bits per heavy atom. The molecule has 1 aliphatic rings. The number of amides is 1. The Morgan fingerprint density at radius 1 is 1.36 bits per heavy atom. The number of aromatic nitrogens is 1. The summed E-state index contributed by atoms with van der Waals surface area (Å²) in [5.41, 5.74) is 1.53. The van der Waals surface area contributed by atoms with Gasteiger partial charge in [0, 0.05) is 17.7 Å². The number of benzene rings is 1. The summed E-state index contributed by atoms with van der Waals surface area (Å²) in [7, 11) is 1.62. The Bertz CT molecular complexity index is 645. The van der Waals surface area contributed by atoms with Crippen molar-refractivity contribution in [3.63, 3.8) is 0 Å². The van der Waals surface area contributed by atoms with Gasteiger partial charge in [-0.05, 0) is 25.0 Å². The molecule has 116 valence electrons. The van der Waals surface area contributed by atoms with E-state index in [9.17, 15) is 4.79 Å². The third-order valence-electron chi connectivity index (χ3n) is 3.98. The Hall–Kier alpha value is -2.30. The number of methoxy groups -OCH3 is 1. The Kier molecular flexibility index (Phi) is 4.42. The standard InChI is InChI=1S/C17H20N2O3/c1-21-15-8-4-5-12(9-15)16-10-14(19-22-16)11-17(20)18-13-6-2-3-7-13/h4-5,8-10,13H,2-3,6-7,11H2,1H3,(H,18,20). The number of ether oxygens (including phenoxy) is 1. The first-order chi connectivity index (χ1) is 10.7. The number of rotatable bonds is 5. The molecule has 0 aliphatic heterocycles. The fourth-order valence-corrected chi connectivity index (χ4v) is 2.82. The molecule has 0 bridgehead atoms. The van der Waals surface area contributed by atoms with E-state index in [0.717, 1.165) is 24.2 Å². The van der Waals surface area contributed by atoms with Gasteiger partial charge in [-0.3, -0.25) is 4.79 Å². The molecule has 0 unspecified atom stereocenters. The van der Waals surface area contributed by atoms with E-state index < -0.39 is 0 Å². The van der Waals surface area contributed by atoms with Crippen LogP contribution >= 0.6 is 0 Å². The van der Waals surface area contributed by atoms with Gasteiger partial charge in [-0.2, -0.15) is 0 Å². The first kappa shape index (κ1) is 14.6. The van der Waals surface area contributed by atoms with Gasteiger partial charge in [0.25, 0.3) is 0 Å². The van der Waals surface area contributed by atoms with Gasteiger partial charge in [0.1, 0.15) is 5.75 Å². The van der Waals surface area contributed by atoms with E-state index in [2.05, 4.69) is 10.5 Å². The second-order valence-electron chi connectivity index (χ2n) is 5.64. The minimum atomic E-state index is 0.0115. The van der Waals surface area contributed by atoms with Crippen LogP contribution in [0.1, 0.15) is 31.4 Å². The lowest BCUT2D eigenvalue weighted by molar-refractivity contribution is -0.121. The number of carbonyl (C=O) groups excluding carboxylic acids is 1. The summed E-state index contributed by atoms with van der Waals surface area (Å²) in [5.74, 6) is 1.41. The van der Waals surface area contributed by atoms with Gasteiger partial charge in [-0.25, -0.2) is 0 Å². The molecule has 1 N–H and O–H groups in total. The molecule has 1 aromatic carbocycles. The van der Waals surface area contributed by atoms with Gasteiger partial charge >= 0.3 is 0 Å². The number of nitrogens with one attached hydrogen (secondary N) is 1. The largest absolute Gasteiger partial charge is 0.497 e. The summed E-state index contributed by atoms with van der Waals surface area (Å²) < 4.78 is 10.5. The van der Waals surface area contributed by atoms with E-state index in [4.69, 9.17) is 9.26 Å². The second-order valence-corrected chi connectivity index (χ2v) is 5.64. The molecule has 1 amide bonds. The smallest absolute Gasteiger partial charge is 0.226 e. The van der Waals surface area contributed by atoms with Crippen molar-refractivity contribution in [3.8, 4) is 17.1 Å². The van der Waals surface area contributed by atoms with Crippen molar-refractivity contribution < 1.29 is 14.1 Å². The van der Waals surface area contributed by atoms with Crippen LogP contribution in [0.25, 0.3) is 11.3 Å². The van der Waals surface area contributed by atoms with Crippen LogP contribution in [0.5, 0.6) is 5.75 Å². The minimum Gasteiger partial charge on any atom is -0.497 e. The molecular weight excluding hydrogens is 280 g/mol. The van der Waals surface area contributed by atoms with Gasteiger partial charge < -0.3 is 14.6 Å². The molecule has 1 aliphatic carbocycles. The molecule has 22 heavy (non-hydrogen) atoms. The lowest BCUT2D eigenvalue weighted by Crippen LogP contribution is -2.33. The van der Waals surface area contributed by atoms with E-state index in [1.807, 2.05) is 30.3 Å². The Labute approximate surface area is 129 Å². The van der Waals surface area contributed by atoms with Crippen LogP contribution in [0.3, 0.4) is 0 Å². The number of hydrogen-bond acceptors (Lipinski definition) is 4. The van der Waals surface area contributed by atoms with Crippen molar-refractivity contribution in [1.82, 2.24) is 10.5 Å². The predicted octanol–water partition coefficient (Wildman–Crippen LogP) is 2.95. The molecule has 5 nitrogen and oxygen atoms in total. The van der Waals surface area contributed by atoms with E-state index in [1.165, 1.54) is 12.8 Å². The van der Waals surface area contributed by atoms with Crippen LogP contribution in [0.4, 0.5) is 0 Å². The molecule has 0 spiro atoms. The molecule has 1 aromatic heterocycles. The Morgan fingerprint density at radius 3 is 2.95 bits per heavy atom. The third kappa shape index (κ3) is 3.47. The highest BCUT2D eigenvalue weighted by Crippen LogP contribution is 2.24. The van der Waals surface area contributed by atoms with E-state index >= 15 is 0 Å². The fourth-order valence-electron chi connectivity index (χ4n) is 2.82. The van der Waals surface area contributed by atoms with E-state index in [1.54, 1.807) is 7.11 Å². The molecule has 1 heterocycles. The molecular formula is C17H20N2O3. The zero-order chi connectivity index (χ0) is 15.4. The second kappa shape index (κ2) is 6.64. The summed E-state index contributed by atoms with van der Waals surface area (Å²) in [6.45, 7) is 0. The summed E-state index contributed by atoms with van der Waals surface area (Å²) in [6.07, 6.45) is 4.83. The molecule has 0 saturated heterocycles. The fraction of sp³-hybridized carbons (Fsp3) is 0.412. The van der Waals surface area contributed by atoms with Gasteiger partial charge in [-0.15, -0.1) is 0 Å². The van der Waals surface area contributed by atoms with Crippen molar-refractivity contribution in [2.75, 3.05) is 7.11 Å². The lowest BCUT2D eigenvalue weighted by atomic mass is 10.1.